The van der Waals surface area contributed by atoms with E-state index < -0.39 is 0 Å². The van der Waals surface area contributed by atoms with Crippen molar-refractivity contribution in [1.82, 2.24) is 0 Å². The maximum Gasteiger partial charge on any atom is -0.0184 e. The second-order valence-electron chi connectivity index (χ2n) is 3.54. The zero-order valence-corrected chi connectivity index (χ0v) is 7.77. The summed E-state index contributed by atoms with van der Waals surface area (Å²) in [6, 6.07) is 21.5. The minimum Gasteiger partial charge on any atom is -0.0610 e. The van der Waals surface area contributed by atoms with Crippen molar-refractivity contribution in [2.24, 2.45) is 0 Å². The molecule has 66 valence electrons. The summed E-state index contributed by atoms with van der Waals surface area (Å²) in [5, 5.41) is 0. The van der Waals surface area contributed by atoms with Gasteiger partial charge in [-0.3, -0.25) is 0 Å². The highest BCUT2D eigenvalue weighted by atomic mass is 14.1. The maximum atomic E-state index is 2.18. The predicted molar refractivity (Wildman–Crippen MR) is 59.7 cm³/mol. The van der Waals surface area contributed by atoms with Crippen LogP contribution in [0.2, 0.25) is 0 Å². The highest BCUT2D eigenvalue weighted by molar-refractivity contribution is 5.72. The van der Waals surface area contributed by atoms with Gasteiger partial charge in [0.2, 0.25) is 0 Å². The van der Waals surface area contributed by atoms with Crippen molar-refractivity contribution in [3.05, 3.63) is 60.7 Å². The van der Waals surface area contributed by atoms with E-state index in [0.29, 0.717) is 0 Å². The molecule has 0 aliphatic heterocycles. The first-order valence-corrected chi connectivity index (χ1v) is 4.81. The van der Waals surface area contributed by atoms with Crippen LogP contribution in [0.3, 0.4) is 0 Å². The van der Waals surface area contributed by atoms with E-state index in [1.807, 2.05) is 0 Å². The molecule has 3 aliphatic rings. The van der Waals surface area contributed by atoms with E-state index in [9.17, 15) is 0 Å². The lowest BCUT2D eigenvalue weighted by atomic mass is 10.1. The highest BCUT2D eigenvalue weighted by Gasteiger charge is 2.01. The van der Waals surface area contributed by atoms with Gasteiger partial charge >= 0.3 is 0 Å². The Labute approximate surface area is 83.5 Å². The fourth-order valence-corrected chi connectivity index (χ4v) is 1.86. The van der Waals surface area contributed by atoms with E-state index in [4.69, 9.17) is 0 Å². The first-order valence-electron chi connectivity index (χ1n) is 4.81. The molecule has 0 nitrogen and oxygen atoms in total. The number of rotatable bonds is 0. The van der Waals surface area contributed by atoms with Crippen LogP contribution in [0.1, 0.15) is 0 Å². The molecule has 0 aromatic carbocycles. The fraction of sp³-hybridized carbons (Fsp3) is 0. The van der Waals surface area contributed by atoms with Crippen LogP contribution < -0.4 is 0 Å². The summed E-state index contributed by atoms with van der Waals surface area (Å²) in [7, 11) is 0. The molecule has 3 aliphatic carbocycles. The Morgan fingerprint density at radius 1 is 0.357 bits per heavy atom. The molecule has 0 heterocycles. The molecule has 0 aromatic rings. The molecule has 0 saturated carbocycles. The van der Waals surface area contributed by atoms with Gasteiger partial charge in [-0.1, -0.05) is 60.7 Å². The third-order valence-corrected chi connectivity index (χ3v) is 2.65. The summed E-state index contributed by atoms with van der Waals surface area (Å²) in [5.41, 5.74) is 5.20. The third-order valence-electron chi connectivity index (χ3n) is 2.65. The van der Waals surface area contributed by atoms with Crippen LogP contribution in [0, 0.1) is 0 Å². The van der Waals surface area contributed by atoms with Gasteiger partial charge in [0, 0.05) is 0 Å². The lowest BCUT2D eigenvalue weighted by Crippen LogP contribution is -1.71. The van der Waals surface area contributed by atoms with Crippen LogP contribution in [-0.2, 0) is 0 Å². The van der Waals surface area contributed by atoms with E-state index in [1.54, 1.807) is 0 Å². The minimum absolute atomic E-state index is 1.30. The summed E-state index contributed by atoms with van der Waals surface area (Å²) in [4.78, 5) is 0. The second kappa shape index (κ2) is 2.85. The lowest BCUT2D eigenvalue weighted by molar-refractivity contribution is 1.70. The van der Waals surface area contributed by atoms with Crippen LogP contribution in [0.25, 0.3) is 22.3 Å². The van der Waals surface area contributed by atoms with Gasteiger partial charge in [-0.05, 0) is 22.3 Å². The molecule has 0 radical (unpaired) electrons. The van der Waals surface area contributed by atoms with Crippen molar-refractivity contribution in [2.75, 3.05) is 0 Å². The molecule has 0 atom stereocenters. The Kier molecular flexibility index (Phi) is 1.54. The quantitative estimate of drug-likeness (QED) is 0.489. The summed E-state index contributed by atoms with van der Waals surface area (Å²) in [6.45, 7) is 0. The maximum absolute atomic E-state index is 2.18. The van der Waals surface area contributed by atoms with Crippen molar-refractivity contribution >= 4 is 0 Å². The van der Waals surface area contributed by atoms with Crippen molar-refractivity contribution in [3.63, 3.8) is 0 Å². The van der Waals surface area contributed by atoms with Crippen molar-refractivity contribution in [1.29, 1.82) is 0 Å². The molecule has 0 saturated heterocycles. The third kappa shape index (κ3) is 1.08. The summed E-state index contributed by atoms with van der Waals surface area (Å²) >= 11 is 0. The van der Waals surface area contributed by atoms with Crippen molar-refractivity contribution in [3.8, 4) is 22.3 Å². The predicted octanol–water partition coefficient (Wildman–Crippen LogP) is 3.90. The molecule has 0 spiro atoms. The van der Waals surface area contributed by atoms with Crippen LogP contribution in [0.15, 0.2) is 60.7 Å². The van der Waals surface area contributed by atoms with Gasteiger partial charge in [-0.25, -0.2) is 0 Å². The molecule has 0 fully saturated rings. The van der Waals surface area contributed by atoms with Crippen LogP contribution in [0.5, 0.6) is 0 Å². The highest BCUT2D eigenvalue weighted by Crippen LogP contribution is 2.26. The molecular formula is C14H10. The van der Waals surface area contributed by atoms with Crippen molar-refractivity contribution in [2.45, 2.75) is 0 Å². The molecule has 0 N–H and O–H groups in total. The molecular weight excluding hydrogens is 168 g/mol. The summed E-state index contributed by atoms with van der Waals surface area (Å²) < 4.78 is 0. The summed E-state index contributed by atoms with van der Waals surface area (Å²) in [5.74, 6) is 0. The van der Waals surface area contributed by atoms with Crippen LogP contribution >= 0.6 is 0 Å². The van der Waals surface area contributed by atoms with Crippen LogP contribution in [-0.4, -0.2) is 0 Å². The molecule has 0 bridgehead atoms. The molecule has 14 heavy (non-hydrogen) atoms. The largest absolute Gasteiger partial charge is 0.0610 e. The smallest absolute Gasteiger partial charge is 0.0184 e. The van der Waals surface area contributed by atoms with Gasteiger partial charge in [-0.2, -0.15) is 0 Å². The van der Waals surface area contributed by atoms with Gasteiger partial charge in [0.15, 0.2) is 0 Å². The standard InChI is InChI=1S/C14H10/c1-3-11-7-9-13-5-2-6-14(13)10-8-12(11)4-1/h1-10H. The van der Waals surface area contributed by atoms with E-state index in [0.717, 1.165) is 0 Å². The van der Waals surface area contributed by atoms with Gasteiger partial charge in [0.05, 0.1) is 0 Å². The summed E-state index contributed by atoms with van der Waals surface area (Å²) in [6.07, 6.45) is 0. The fourth-order valence-electron chi connectivity index (χ4n) is 1.86. The van der Waals surface area contributed by atoms with Crippen LogP contribution in [0.4, 0.5) is 0 Å². The normalized spacial score (nSPS) is 10.9. The van der Waals surface area contributed by atoms with Gasteiger partial charge < -0.3 is 0 Å². The Balaban J connectivity index is 2.34. The Morgan fingerprint density at radius 2 is 0.643 bits per heavy atom. The van der Waals surface area contributed by atoms with E-state index in [1.165, 1.54) is 22.3 Å². The first kappa shape index (κ1) is 7.57. The molecule has 0 heteroatoms. The first-order chi connectivity index (χ1) is 6.93. The Morgan fingerprint density at radius 3 is 0.929 bits per heavy atom. The molecule has 0 aromatic heterocycles. The topological polar surface area (TPSA) is 0 Å². The minimum atomic E-state index is 1.30. The number of hydrogen-bond acceptors (Lipinski definition) is 0. The second-order valence-corrected chi connectivity index (χ2v) is 3.54. The zero-order valence-electron chi connectivity index (χ0n) is 7.77. The van der Waals surface area contributed by atoms with Gasteiger partial charge in [0.1, 0.15) is 0 Å². The molecule has 0 unspecified atom stereocenters. The molecule has 3 rings (SSSR count). The lowest BCUT2D eigenvalue weighted by Gasteiger charge is -1.97. The average molecular weight is 178 g/mol. The number of fused-ring (bicyclic) bond motifs is 2. The Hall–Kier alpha value is -1.82. The van der Waals surface area contributed by atoms with Gasteiger partial charge in [-0.15, -0.1) is 0 Å². The monoisotopic (exact) mass is 178 g/mol. The average Bonchev–Trinajstić information content (AvgIpc) is 2.75. The van der Waals surface area contributed by atoms with E-state index in [2.05, 4.69) is 60.7 Å². The SMILES string of the molecule is c1cc2ccc3cccc-3ccc-2c1. The molecule has 0 amide bonds. The van der Waals surface area contributed by atoms with Gasteiger partial charge in [0.25, 0.3) is 0 Å². The zero-order chi connectivity index (χ0) is 9.38. The van der Waals surface area contributed by atoms with E-state index >= 15 is 0 Å². The van der Waals surface area contributed by atoms with E-state index in [-0.39, 0.29) is 0 Å². The number of hydrogen-bond donors (Lipinski definition) is 0. The Bertz CT molecular complexity index is 418. The van der Waals surface area contributed by atoms with Crippen molar-refractivity contribution < 1.29 is 0 Å².